The molecule has 1 amide bonds. The zero-order valence-electron chi connectivity index (χ0n) is 15.8. The summed E-state index contributed by atoms with van der Waals surface area (Å²) in [7, 11) is 0. The van der Waals surface area contributed by atoms with Crippen molar-refractivity contribution in [1.29, 1.82) is 0 Å². The molecule has 5 heteroatoms. The highest BCUT2D eigenvalue weighted by Gasteiger charge is 2.34. The number of hydrogen-bond acceptors (Lipinski definition) is 4. The Morgan fingerprint density at radius 1 is 1.04 bits per heavy atom. The molecule has 0 spiro atoms. The number of amides is 1. The highest BCUT2D eigenvalue weighted by atomic mass is 16.2. The third kappa shape index (κ3) is 3.33. The number of aromatic nitrogens is 2. The summed E-state index contributed by atoms with van der Waals surface area (Å²) in [5.74, 6) is -0.0878. The molecule has 1 aromatic heterocycles. The molecule has 4 rings (SSSR count). The first kappa shape index (κ1) is 17.3. The molecule has 0 aliphatic carbocycles. The average Bonchev–Trinajstić information content (AvgIpc) is 3.12. The molecule has 1 atom stereocenters. The molecule has 1 aliphatic rings. The maximum Gasteiger partial charge on any atom is 0.245 e. The molecule has 2 heterocycles. The topological polar surface area (TPSA) is 58.5 Å². The molecule has 0 radical (unpaired) electrons. The van der Waals surface area contributed by atoms with Crippen LogP contribution in [0.15, 0.2) is 60.0 Å². The van der Waals surface area contributed by atoms with Gasteiger partial charge in [-0.1, -0.05) is 49.7 Å². The SMILES string of the molecule is Cc1ccc(C2=NN(C(=O)C(C)C)[C@@H](c3ccc4nccnc4c3)C2)cc1. The molecule has 0 fully saturated rings. The van der Waals surface area contributed by atoms with E-state index in [-0.39, 0.29) is 17.9 Å². The van der Waals surface area contributed by atoms with Crippen LogP contribution in [0, 0.1) is 12.8 Å². The van der Waals surface area contributed by atoms with Crippen LogP contribution in [0.1, 0.15) is 43.0 Å². The van der Waals surface area contributed by atoms with Crippen molar-refractivity contribution in [3.05, 3.63) is 71.5 Å². The highest BCUT2D eigenvalue weighted by molar-refractivity contribution is 6.03. The van der Waals surface area contributed by atoms with Gasteiger partial charge >= 0.3 is 0 Å². The summed E-state index contributed by atoms with van der Waals surface area (Å²) in [5, 5.41) is 6.36. The minimum atomic E-state index is -0.123. The van der Waals surface area contributed by atoms with Crippen LogP contribution in [0.2, 0.25) is 0 Å². The van der Waals surface area contributed by atoms with Gasteiger partial charge in [0, 0.05) is 24.7 Å². The standard InChI is InChI=1S/C22H22N4O/c1-14(2)22(27)26-21(13-19(25-26)16-6-4-15(3)5-7-16)17-8-9-18-20(12-17)24-11-10-23-18/h4-12,14,21H,13H2,1-3H3/t21-/m1/s1. The first-order chi connectivity index (χ1) is 13.0. The second-order valence-corrected chi connectivity index (χ2v) is 7.27. The van der Waals surface area contributed by atoms with Gasteiger partial charge in [0.2, 0.25) is 5.91 Å². The number of hydrogen-bond donors (Lipinski definition) is 0. The lowest BCUT2D eigenvalue weighted by Gasteiger charge is -2.23. The molecule has 2 aromatic carbocycles. The summed E-state index contributed by atoms with van der Waals surface area (Å²) in [5.41, 5.74) is 5.91. The number of aryl methyl sites for hydroxylation is 1. The summed E-state index contributed by atoms with van der Waals surface area (Å²) in [4.78, 5) is 21.5. The van der Waals surface area contributed by atoms with Crippen LogP contribution in [0.25, 0.3) is 11.0 Å². The van der Waals surface area contributed by atoms with Gasteiger partial charge in [-0.15, -0.1) is 0 Å². The molecule has 0 N–H and O–H groups in total. The molecular formula is C22H22N4O. The van der Waals surface area contributed by atoms with Crippen molar-refractivity contribution >= 4 is 22.7 Å². The van der Waals surface area contributed by atoms with Gasteiger partial charge in [0.25, 0.3) is 0 Å². The molecule has 0 unspecified atom stereocenters. The van der Waals surface area contributed by atoms with Gasteiger partial charge in [0.05, 0.1) is 22.8 Å². The Kier molecular flexibility index (Phi) is 4.44. The lowest BCUT2D eigenvalue weighted by atomic mass is 9.97. The minimum Gasteiger partial charge on any atom is -0.273 e. The number of nitrogens with zero attached hydrogens (tertiary/aromatic N) is 4. The summed E-state index contributed by atoms with van der Waals surface area (Å²) in [6.45, 7) is 5.88. The van der Waals surface area contributed by atoms with Crippen molar-refractivity contribution < 1.29 is 4.79 Å². The molecule has 0 bridgehead atoms. The van der Waals surface area contributed by atoms with Crippen LogP contribution in [0.4, 0.5) is 0 Å². The van der Waals surface area contributed by atoms with Gasteiger partial charge in [-0.2, -0.15) is 5.10 Å². The predicted molar refractivity (Wildman–Crippen MR) is 106 cm³/mol. The molecule has 5 nitrogen and oxygen atoms in total. The second-order valence-electron chi connectivity index (χ2n) is 7.27. The number of rotatable bonds is 3. The Hall–Kier alpha value is -3.08. The zero-order chi connectivity index (χ0) is 19.0. The van der Waals surface area contributed by atoms with Crippen molar-refractivity contribution in [2.75, 3.05) is 0 Å². The number of fused-ring (bicyclic) bond motifs is 1. The Morgan fingerprint density at radius 3 is 2.44 bits per heavy atom. The van der Waals surface area contributed by atoms with Gasteiger partial charge in [-0.3, -0.25) is 14.8 Å². The summed E-state index contributed by atoms with van der Waals surface area (Å²) < 4.78 is 0. The second kappa shape index (κ2) is 6.91. The van der Waals surface area contributed by atoms with Crippen LogP contribution in [-0.2, 0) is 4.79 Å². The van der Waals surface area contributed by atoms with Gasteiger partial charge in [-0.25, -0.2) is 5.01 Å². The van der Waals surface area contributed by atoms with E-state index in [4.69, 9.17) is 5.10 Å². The first-order valence-corrected chi connectivity index (χ1v) is 9.21. The summed E-state index contributed by atoms with van der Waals surface area (Å²) >= 11 is 0. The van der Waals surface area contributed by atoms with E-state index in [1.807, 2.05) is 32.0 Å². The number of hydrazone groups is 1. The Bertz CT molecular complexity index is 1020. The van der Waals surface area contributed by atoms with E-state index in [1.165, 1.54) is 5.56 Å². The fourth-order valence-electron chi connectivity index (χ4n) is 3.35. The minimum absolute atomic E-state index is 0.0290. The molecule has 27 heavy (non-hydrogen) atoms. The van der Waals surface area contributed by atoms with E-state index in [0.717, 1.165) is 27.9 Å². The van der Waals surface area contributed by atoms with Crippen molar-refractivity contribution in [3.63, 3.8) is 0 Å². The summed E-state index contributed by atoms with van der Waals surface area (Å²) in [6, 6.07) is 14.2. The molecule has 136 valence electrons. The molecule has 0 saturated heterocycles. The fourth-order valence-corrected chi connectivity index (χ4v) is 3.35. The molecular weight excluding hydrogens is 336 g/mol. The van der Waals surface area contributed by atoms with Crippen molar-refractivity contribution in [2.24, 2.45) is 11.0 Å². The monoisotopic (exact) mass is 358 g/mol. The maximum atomic E-state index is 12.8. The van der Waals surface area contributed by atoms with Crippen LogP contribution in [0.5, 0.6) is 0 Å². The number of benzene rings is 2. The number of carbonyl (C=O) groups is 1. The fraction of sp³-hybridized carbons (Fsp3) is 0.273. The maximum absolute atomic E-state index is 12.8. The molecule has 1 aliphatic heterocycles. The third-order valence-electron chi connectivity index (χ3n) is 4.89. The van der Waals surface area contributed by atoms with Crippen LogP contribution >= 0.6 is 0 Å². The summed E-state index contributed by atoms with van der Waals surface area (Å²) in [6.07, 6.45) is 4.06. The Labute approximate surface area is 158 Å². The van der Waals surface area contributed by atoms with Crippen LogP contribution < -0.4 is 0 Å². The molecule has 0 saturated carbocycles. The Morgan fingerprint density at radius 2 is 1.74 bits per heavy atom. The predicted octanol–water partition coefficient (Wildman–Crippen LogP) is 4.27. The quantitative estimate of drug-likeness (QED) is 0.702. The van der Waals surface area contributed by atoms with Crippen LogP contribution in [-0.4, -0.2) is 26.6 Å². The number of carbonyl (C=O) groups excluding carboxylic acids is 1. The van der Waals surface area contributed by atoms with Gasteiger partial charge in [0.15, 0.2) is 0 Å². The Balaban J connectivity index is 1.73. The smallest absolute Gasteiger partial charge is 0.245 e. The third-order valence-corrected chi connectivity index (χ3v) is 4.89. The average molecular weight is 358 g/mol. The van der Waals surface area contributed by atoms with Crippen LogP contribution in [0.3, 0.4) is 0 Å². The first-order valence-electron chi connectivity index (χ1n) is 9.21. The highest BCUT2D eigenvalue weighted by Crippen LogP contribution is 2.34. The van der Waals surface area contributed by atoms with E-state index >= 15 is 0 Å². The zero-order valence-corrected chi connectivity index (χ0v) is 15.8. The van der Waals surface area contributed by atoms with Gasteiger partial charge in [0.1, 0.15) is 0 Å². The van der Waals surface area contributed by atoms with Gasteiger partial charge in [-0.05, 0) is 30.2 Å². The van der Waals surface area contributed by atoms with E-state index in [2.05, 4.69) is 41.2 Å². The molecule has 3 aromatic rings. The van der Waals surface area contributed by atoms with E-state index < -0.39 is 0 Å². The van der Waals surface area contributed by atoms with Crippen molar-refractivity contribution in [3.8, 4) is 0 Å². The van der Waals surface area contributed by atoms with Gasteiger partial charge < -0.3 is 0 Å². The van der Waals surface area contributed by atoms with E-state index in [1.54, 1.807) is 17.4 Å². The lowest BCUT2D eigenvalue weighted by Crippen LogP contribution is -2.30. The normalized spacial score (nSPS) is 16.8. The van der Waals surface area contributed by atoms with E-state index in [0.29, 0.717) is 6.42 Å². The van der Waals surface area contributed by atoms with Crippen molar-refractivity contribution in [1.82, 2.24) is 15.0 Å². The van der Waals surface area contributed by atoms with E-state index in [9.17, 15) is 4.79 Å². The van der Waals surface area contributed by atoms with Crippen molar-refractivity contribution in [2.45, 2.75) is 33.2 Å². The lowest BCUT2D eigenvalue weighted by molar-refractivity contribution is -0.136. The largest absolute Gasteiger partial charge is 0.273 e.